The Morgan fingerprint density at radius 3 is 2.70 bits per heavy atom. The lowest BCUT2D eigenvalue weighted by Crippen LogP contribution is -2.38. The monoisotopic (exact) mass is 273 g/mol. The summed E-state index contributed by atoms with van der Waals surface area (Å²) in [5.74, 6) is 1.75. The summed E-state index contributed by atoms with van der Waals surface area (Å²) >= 11 is 0. The molecular weight excluding hydrogens is 250 g/mol. The van der Waals surface area contributed by atoms with Crippen molar-refractivity contribution in [2.75, 3.05) is 6.54 Å². The molecule has 4 atom stereocenters. The van der Waals surface area contributed by atoms with Crippen LogP contribution in [0.25, 0.3) is 0 Å². The molecule has 20 heavy (non-hydrogen) atoms. The molecule has 0 spiro atoms. The van der Waals surface area contributed by atoms with Gasteiger partial charge < -0.3 is 10.4 Å². The molecule has 1 amide bonds. The molecule has 1 aromatic rings. The van der Waals surface area contributed by atoms with E-state index in [0.717, 1.165) is 17.9 Å². The SMILES string of the molecule is O=C(NCC(O)Cc1ccccc1)C1CC2CCC1C2. The zero-order valence-electron chi connectivity index (χ0n) is 11.8. The molecule has 0 heterocycles. The number of aliphatic hydroxyl groups excluding tert-OH is 1. The highest BCUT2D eigenvalue weighted by Gasteiger charge is 2.42. The molecule has 0 aromatic heterocycles. The van der Waals surface area contributed by atoms with Crippen molar-refractivity contribution < 1.29 is 9.90 Å². The maximum atomic E-state index is 12.2. The molecule has 2 fully saturated rings. The second kappa shape index (κ2) is 5.96. The Morgan fingerprint density at radius 2 is 2.05 bits per heavy atom. The number of nitrogens with one attached hydrogen (secondary N) is 1. The van der Waals surface area contributed by atoms with Gasteiger partial charge in [0.2, 0.25) is 5.91 Å². The number of hydrogen-bond acceptors (Lipinski definition) is 2. The Hall–Kier alpha value is -1.35. The first-order valence-electron chi connectivity index (χ1n) is 7.72. The summed E-state index contributed by atoms with van der Waals surface area (Å²) in [4.78, 5) is 12.2. The first-order valence-corrected chi connectivity index (χ1v) is 7.72. The first-order chi connectivity index (χ1) is 9.72. The predicted octanol–water partition coefficient (Wildman–Crippen LogP) is 2.14. The molecule has 0 aliphatic heterocycles. The summed E-state index contributed by atoms with van der Waals surface area (Å²) in [5.41, 5.74) is 1.11. The third kappa shape index (κ3) is 3.04. The van der Waals surface area contributed by atoms with Crippen molar-refractivity contribution in [1.29, 1.82) is 0 Å². The summed E-state index contributed by atoms with van der Waals surface area (Å²) in [5, 5.41) is 13.0. The van der Waals surface area contributed by atoms with Crippen LogP contribution in [-0.2, 0) is 11.2 Å². The molecule has 3 nitrogen and oxygen atoms in total. The standard InChI is InChI=1S/C17H23NO2/c19-15(9-12-4-2-1-3-5-12)11-18-17(20)16-10-13-6-7-14(16)8-13/h1-5,13-16,19H,6-11H2,(H,18,20). The molecule has 2 N–H and O–H groups in total. The van der Waals surface area contributed by atoms with Gasteiger partial charge in [-0.2, -0.15) is 0 Å². The third-order valence-electron chi connectivity index (χ3n) is 4.90. The third-order valence-corrected chi connectivity index (χ3v) is 4.90. The van der Waals surface area contributed by atoms with Gasteiger partial charge in [0.1, 0.15) is 0 Å². The Bertz CT molecular complexity index is 459. The normalized spacial score (nSPS) is 29.4. The average molecular weight is 273 g/mol. The fourth-order valence-corrected chi connectivity index (χ4v) is 3.87. The van der Waals surface area contributed by atoms with Gasteiger partial charge in [0.25, 0.3) is 0 Å². The zero-order chi connectivity index (χ0) is 13.9. The highest BCUT2D eigenvalue weighted by molar-refractivity contribution is 5.79. The molecule has 2 bridgehead atoms. The van der Waals surface area contributed by atoms with Gasteiger partial charge in [-0.3, -0.25) is 4.79 Å². The van der Waals surface area contributed by atoms with E-state index in [2.05, 4.69) is 5.32 Å². The fourth-order valence-electron chi connectivity index (χ4n) is 3.87. The minimum Gasteiger partial charge on any atom is -0.391 e. The number of hydrogen-bond donors (Lipinski definition) is 2. The number of fused-ring (bicyclic) bond motifs is 2. The van der Waals surface area contributed by atoms with E-state index in [0.29, 0.717) is 18.9 Å². The van der Waals surface area contributed by atoms with Crippen LogP contribution in [0.2, 0.25) is 0 Å². The number of carbonyl (C=O) groups excluding carboxylic acids is 1. The van der Waals surface area contributed by atoms with Gasteiger partial charge in [-0.15, -0.1) is 0 Å². The topological polar surface area (TPSA) is 49.3 Å². The highest BCUT2D eigenvalue weighted by Crippen LogP contribution is 2.48. The first kappa shape index (κ1) is 13.6. The Labute approximate surface area is 120 Å². The molecular formula is C17H23NO2. The number of amides is 1. The lowest BCUT2D eigenvalue weighted by Gasteiger charge is -2.21. The van der Waals surface area contributed by atoms with Crippen molar-refractivity contribution >= 4 is 5.91 Å². The molecule has 0 radical (unpaired) electrons. The van der Waals surface area contributed by atoms with Crippen LogP contribution in [0.15, 0.2) is 30.3 Å². The van der Waals surface area contributed by atoms with Crippen LogP contribution in [0.3, 0.4) is 0 Å². The molecule has 3 heteroatoms. The van der Waals surface area contributed by atoms with Gasteiger partial charge in [-0.05, 0) is 36.7 Å². The van der Waals surface area contributed by atoms with Crippen LogP contribution in [0.5, 0.6) is 0 Å². The Kier molecular flexibility index (Phi) is 4.06. The van der Waals surface area contributed by atoms with Gasteiger partial charge in [-0.25, -0.2) is 0 Å². The van der Waals surface area contributed by atoms with Gasteiger partial charge in [0.05, 0.1) is 6.10 Å². The van der Waals surface area contributed by atoms with E-state index < -0.39 is 6.10 Å². The quantitative estimate of drug-likeness (QED) is 0.863. The molecule has 2 saturated carbocycles. The molecule has 108 valence electrons. The van der Waals surface area contributed by atoms with Crippen LogP contribution in [0, 0.1) is 17.8 Å². The largest absolute Gasteiger partial charge is 0.391 e. The molecule has 2 aliphatic carbocycles. The van der Waals surface area contributed by atoms with Crippen molar-refractivity contribution in [3.05, 3.63) is 35.9 Å². The van der Waals surface area contributed by atoms with Gasteiger partial charge in [-0.1, -0.05) is 36.8 Å². The highest BCUT2D eigenvalue weighted by atomic mass is 16.3. The molecule has 0 saturated heterocycles. The van der Waals surface area contributed by atoms with E-state index in [1.54, 1.807) is 0 Å². The van der Waals surface area contributed by atoms with Gasteiger partial charge in [0, 0.05) is 18.9 Å². The maximum absolute atomic E-state index is 12.2. The Morgan fingerprint density at radius 1 is 1.25 bits per heavy atom. The van der Waals surface area contributed by atoms with E-state index in [1.807, 2.05) is 30.3 Å². The van der Waals surface area contributed by atoms with Crippen LogP contribution in [0.1, 0.15) is 31.2 Å². The number of rotatable bonds is 5. The van der Waals surface area contributed by atoms with Crippen molar-refractivity contribution in [3.63, 3.8) is 0 Å². The van der Waals surface area contributed by atoms with Crippen molar-refractivity contribution in [2.45, 2.75) is 38.2 Å². The molecule has 4 unspecified atom stereocenters. The minimum atomic E-state index is -0.500. The smallest absolute Gasteiger partial charge is 0.223 e. The van der Waals surface area contributed by atoms with E-state index in [-0.39, 0.29) is 11.8 Å². The van der Waals surface area contributed by atoms with Crippen LogP contribution < -0.4 is 5.32 Å². The van der Waals surface area contributed by atoms with E-state index in [4.69, 9.17) is 0 Å². The zero-order valence-corrected chi connectivity index (χ0v) is 11.8. The predicted molar refractivity (Wildman–Crippen MR) is 78.1 cm³/mol. The summed E-state index contributed by atoms with van der Waals surface area (Å²) in [6.45, 7) is 0.363. The summed E-state index contributed by atoms with van der Waals surface area (Å²) in [6.07, 6.45) is 4.92. The average Bonchev–Trinajstić information content (AvgIpc) is 3.08. The van der Waals surface area contributed by atoms with Crippen molar-refractivity contribution in [3.8, 4) is 0 Å². The van der Waals surface area contributed by atoms with Gasteiger partial charge >= 0.3 is 0 Å². The van der Waals surface area contributed by atoms with E-state index in [1.165, 1.54) is 19.3 Å². The molecule has 3 rings (SSSR count). The second-order valence-electron chi connectivity index (χ2n) is 6.37. The summed E-state index contributed by atoms with van der Waals surface area (Å²) in [7, 11) is 0. The van der Waals surface area contributed by atoms with Crippen molar-refractivity contribution in [2.24, 2.45) is 17.8 Å². The van der Waals surface area contributed by atoms with E-state index >= 15 is 0 Å². The maximum Gasteiger partial charge on any atom is 0.223 e. The number of benzene rings is 1. The molecule has 1 aromatic carbocycles. The minimum absolute atomic E-state index is 0.157. The number of aliphatic hydroxyl groups is 1. The lowest BCUT2D eigenvalue weighted by atomic mass is 9.88. The molecule has 2 aliphatic rings. The van der Waals surface area contributed by atoms with Crippen LogP contribution in [-0.4, -0.2) is 23.7 Å². The number of carbonyl (C=O) groups is 1. The van der Waals surface area contributed by atoms with E-state index in [9.17, 15) is 9.90 Å². The lowest BCUT2D eigenvalue weighted by molar-refractivity contribution is -0.127. The van der Waals surface area contributed by atoms with Crippen molar-refractivity contribution in [1.82, 2.24) is 5.32 Å². The van der Waals surface area contributed by atoms with Crippen LogP contribution in [0.4, 0.5) is 0 Å². The summed E-state index contributed by atoms with van der Waals surface area (Å²) in [6, 6.07) is 9.90. The fraction of sp³-hybridized carbons (Fsp3) is 0.588. The van der Waals surface area contributed by atoms with Gasteiger partial charge in [0.15, 0.2) is 0 Å². The van der Waals surface area contributed by atoms with Crippen LogP contribution >= 0.6 is 0 Å². The second-order valence-corrected chi connectivity index (χ2v) is 6.37. The summed E-state index contributed by atoms with van der Waals surface area (Å²) < 4.78 is 0. The Balaban J connectivity index is 1.44.